The molecule has 0 fully saturated rings. The van der Waals surface area contributed by atoms with E-state index in [9.17, 15) is 0 Å². The molecular formula is C11H20ClN3. The first-order chi connectivity index (χ1) is 7.13. The number of rotatable bonds is 6. The first kappa shape index (κ1) is 12.5. The molecule has 4 heteroatoms. The third-order valence-electron chi connectivity index (χ3n) is 2.51. The van der Waals surface area contributed by atoms with Gasteiger partial charge < -0.3 is 5.32 Å². The molecule has 86 valence electrons. The van der Waals surface area contributed by atoms with Gasteiger partial charge in [0, 0.05) is 18.8 Å². The Hall–Kier alpha value is -0.540. The third-order valence-corrected chi connectivity index (χ3v) is 2.70. The summed E-state index contributed by atoms with van der Waals surface area (Å²) in [7, 11) is 0. The minimum atomic E-state index is 0.344. The van der Waals surface area contributed by atoms with Crippen molar-refractivity contribution in [3.63, 3.8) is 0 Å². The highest BCUT2D eigenvalue weighted by Crippen LogP contribution is 2.10. The second-order valence-electron chi connectivity index (χ2n) is 4.09. The maximum absolute atomic E-state index is 5.81. The van der Waals surface area contributed by atoms with Crippen LogP contribution in [0.2, 0.25) is 5.02 Å². The molecule has 1 heterocycles. The number of nitrogens with zero attached hydrogens (tertiary/aromatic N) is 2. The Balaban J connectivity index is 2.33. The van der Waals surface area contributed by atoms with E-state index in [4.69, 9.17) is 11.6 Å². The van der Waals surface area contributed by atoms with Crippen molar-refractivity contribution in [3.8, 4) is 0 Å². The van der Waals surface area contributed by atoms with Crippen molar-refractivity contribution in [2.45, 2.75) is 45.7 Å². The largest absolute Gasteiger partial charge is 0.312 e. The van der Waals surface area contributed by atoms with Gasteiger partial charge in [0.15, 0.2) is 0 Å². The molecule has 0 saturated carbocycles. The van der Waals surface area contributed by atoms with Crippen LogP contribution in [0.25, 0.3) is 0 Å². The van der Waals surface area contributed by atoms with E-state index in [1.807, 2.05) is 10.9 Å². The van der Waals surface area contributed by atoms with Gasteiger partial charge in [0.2, 0.25) is 0 Å². The first-order valence-electron chi connectivity index (χ1n) is 5.56. The van der Waals surface area contributed by atoms with Gasteiger partial charge in [-0.15, -0.1) is 0 Å². The third kappa shape index (κ3) is 4.22. The molecule has 0 amide bonds. The molecule has 1 rings (SSSR count). The van der Waals surface area contributed by atoms with E-state index in [0.29, 0.717) is 17.1 Å². The second kappa shape index (κ2) is 6.13. The summed E-state index contributed by atoms with van der Waals surface area (Å²) in [5.74, 6) is 0. The van der Waals surface area contributed by atoms with Crippen molar-refractivity contribution >= 4 is 11.6 Å². The highest BCUT2D eigenvalue weighted by atomic mass is 35.5. The van der Waals surface area contributed by atoms with Gasteiger partial charge in [-0.25, -0.2) is 0 Å². The molecule has 3 nitrogen and oxygen atoms in total. The van der Waals surface area contributed by atoms with Gasteiger partial charge in [-0.1, -0.05) is 24.9 Å². The highest BCUT2D eigenvalue weighted by Gasteiger charge is 2.07. The monoisotopic (exact) mass is 229 g/mol. The lowest BCUT2D eigenvalue weighted by Crippen LogP contribution is -2.31. The van der Waals surface area contributed by atoms with E-state index >= 15 is 0 Å². The molecule has 0 aromatic carbocycles. The summed E-state index contributed by atoms with van der Waals surface area (Å²) >= 11 is 5.81. The Morgan fingerprint density at radius 2 is 2.27 bits per heavy atom. The maximum atomic E-state index is 5.81. The lowest BCUT2D eigenvalue weighted by Gasteiger charge is -2.17. The Bertz CT molecular complexity index is 285. The summed E-state index contributed by atoms with van der Waals surface area (Å²) < 4.78 is 1.90. The summed E-state index contributed by atoms with van der Waals surface area (Å²) in [4.78, 5) is 0. The topological polar surface area (TPSA) is 29.9 Å². The van der Waals surface area contributed by atoms with Crippen molar-refractivity contribution in [3.05, 3.63) is 17.4 Å². The molecule has 15 heavy (non-hydrogen) atoms. The van der Waals surface area contributed by atoms with Crippen LogP contribution in [0.5, 0.6) is 0 Å². The zero-order chi connectivity index (χ0) is 11.3. The Morgan fingerprint density at radius 3 is 2.80 bits per heavy atom. The molecule has 0 aliphatic carbocycles. The van der Waals surface area contributed by atoms with Gasteiger partial charge in [0.1, 0.15) is 0 Å². The molecule has 0 saturated heterocycles. The van der Waals surface area contributed by atoms with E-state index in [-0.39, 0.29) is 0 Å². The quantitative estimate of drug-likeness (QED) is 0.813. The van der Waals surface area contributed by atoms with Gasteiger partial charge in [0.25, 0.3) is 0 Å². The van der Waals surface area contributed by atoms with Crippen LogP contribution in [-0.2, 0) is 0 Å². The summed E-state index contributed by atoms with van der Waals surface area (Å²) in [5, 5.41) is 8.37. The lowest BCUT2D eigenvalue weighted by atomic mass is 10.2. The van der Waals surface area contributed by atoms with Crippen LogP contribution in [0.4, 0.5) is 0 Å². The van der Waals surface area contributed by atoms with Crippen molar-refractivity contribution in [2.75, 3.05) is 6.54 Å². The van der Waals surface area contributed by atoms with E-state index < -0.39 is 0 Å². The van der Waals surface area contributed by atoms with Crippen LogP contribution >= 0.6 is 11.6 Å². The van der Waals surface area contributed by atoms with Crippen LogP contribution in [0.1, 0.15) is 39.7 Å². The SMILES string of the molecule is CCCC(C)NCC(C)n1cc(Cl)cn1. The van der Waals surface area contributed by atoms with E-state index in [1.54, 1.807) is 6.20 Å². The van der Waals surface area contributed by atoms with Crippen LogP contribution < -0.4 is 5.32 Å². The molecule has 0 aliphatic heterocycles. The normalized spacial score (nSPS) is 15.2. The molecule has 1 N–H and O–H groups in total. The molecule has 1 aromatic heterocycles. The number of halogens is 1. The van der Waals surface area contributed by atoms with Crippen molar-refractivity contribution in [1.82, 2.24) is 15.1 Å². The summed E-state index contributed by atoms with van der Waals surface area (Å²) in [6.07, 6.45) is 5.97. The molecule has 0 aliphatic rings. The van der Waals surface area contributed by atoms with Crippen molar-refractivity contribution in [1.29, 1.82) is 0 Å². The fraction of sp³-hybridized carbons (Fsp3) is 0.727. The summed E-state index contributed by atoms with van der Waals surface area (Å²) in [5.41, 5.74) is 0. The fourth-order valence-corrected chi connectivity index (χ4v) is 1.70. The Kier molecular flexibility index (Phi) is 5.12. The average Bonchev–Trinajstić information content (AvgIpc) is 2.62. The maximum Gasteiger partial charge on any atom is 0.0785 e. The predicted molar refractivity (Wildman–Crippen MR) is 64.3 cm³/mol. The second-order valence-corrected chi connectivity index (χ2v) is 4.52. The molecular weight excluding hydrogens is 210 g/mol. The fourth-order valence-electron chi connectivity index (χ4n) is 1.56. The molecule has 2 unspecified atom stereocenters. The number of hydrogen-bond acceptors (Lipinski definition) is 2. The van der Waals surface area contributed by atoms with Crippen molar-refractivity contribution in [2.24, 2.45) is 0 Å². The molecule has 0 spiro atoms. The van der Waals surface area contributed by atoms with E-state index in [1.165, 1.54) is 12.8 Å². The number of hydrogen-bond donors (Lipinski definition) is 1. The average molecular weight is 230 g/mol. The van der Waals surface area contributed by atoms with Crippen LogP contribution in [0.3, 0.4) is 0 Å². The molecule has 0 radical (unpaired) electrons. The first-order valence-corrected chi connectivity index (χ1v) is 5.94. The zero-order valence-electron chi connectivity index (χ0n) is 9.70. The highest BCUT2D eigenvalue weighted by molar-refractivity contribution is 6.30. The molecule has 0 bridgehead atoms. The van der Waals surface area contributed by atoms with Gasteiger partial charge in [-0.05, 0) is 20.3 Å². The van der Waals surface area contributed by atoms with Gasteiger partial charge >= 0.3 is 0 Å². The summed E-state index contributed by atoms with van der Waals surface area (Å²) in [6, 6.07) is 0.917. The van der Waals surface area contributed by atoms with E-state index in [0.717, 1.165) is 6.54 Å². The molecule has 1 aromatic rings. The predicted octanol–water partition coefficient (Wildman–Crippen LogP) is 2.88. The Labute approximate surface area is 96.8 Å². The minimum absolute atomic E-state index is 0.344. The minimum Gasteiger partial charge on any atom is -0.312 e. The standard InChI is InChI=1S/C11H20ClN3/c1-4-5-9(2)13-6-10(3)15-8-11(12)7-14-15/h7-10,13H,4-6H2,1-3H3. The lowest BCUT2D eigenvalue weighted by molar-refractivity contribution is 0.412. The number of aromatic nitrogens is 2. The molecule has 2 atom stereocenters. The number of nitrogens with one attached hydrogen (secondary N) is 1. The zero-order valence-corrected chi connectivity index (χ0v) is 10.5. The van der Waals surface area contributed by atoms with Crippen LogP contribution in [-0.4, -0.2) is 22.4 Å². The van der Waals surface area contributed by atoms with Gasteiger partial charge in [-0.2, -0.15) is 5.10 Å². The van der Waals surface area contributed by atoms with Gasteiger partial charge in [-0.3, -0.25) is 4.68 Å². The van der Waals surface area contributed by atoms with Gasteiger partial charge in [0.05, 0.1) is 17.3 Å². The van der Waals surface area contributed by atoms with E-state index in [2.05, 4.69) is 31.2 Å². The Morgan fingerprint density at radius 1 is 1.53 bits per heavy atom. The smallest absolute Gasteiger partial charge is 0.0785 e. The van der Waals surface area contributed by atoms with Crippen molar-refractivity contribution < 1.29 is 0 Å². The van der Waals surface area contributed by atoms with Crippen LogP contribution in [0, 0.1) is 0 Å². The summed E-state index contributed by atoms with van der Waals surface area (Å²) in [6.45, 7) is 7.48. The van der Waals surface area contributed by atoms with Crippen LogP contribution in [0.15, 0.2) is 12.4 Å².